The van der Waals surface area contributed by atoms with Gasteiger partial charge in [-0.3, -0.25) is 9.59 Å². The molecule has 29 heavy (non-hydrogen) atoms. The van der Waals surface area contributed by atoms with Crippen molar-refractivity contribution in [2.24, 2.45) is 5.92 Å². The number of unbranched alkanes of at least 4 members (excludes halogenated alkanes) is 2. The van der Waals surface area contributed by atoms with Gasteiger partial charge in [0.05, 0.1) is 10.8 Å². The zero-order valence-corrected chi connectivity index (χ0v) is 17.4. The molecular formula is C21H28N4O3S. The van der Waals surface area contributed by atoms with Crippen molar-refractivity contribution in [3.63, 3.8) is 0 Å². The summed E-state index contributed by atoms with van der Waals surface area (Å²) in [5.41, 5.74) is 0.320. The Hall–Kier alpha value is -2.19. The van der Waals surface area contributed by atoms with E-state index >= 15 is 0 Å². The lowest BCUT2D eigenvalue weighted by molar-refractivity contribution is -0.131. The Morgan fingerprint density at radius 2 is 2.10 bits per heavy atom. The first kappa shape index (κ1) is 20.1. The first-order chi connectivity index (χ1) is 14.2. The van der Waals surface area contributed by atoms with Crippen molar-refractivity contribution in [3.8, 4) is 10.6 Å². The first-order valence-corrected chi connectivity index (χ1v) is 11.4. The van der Waals surface area contributed by atoms with E-state index in [1.807, 2.05) is 17.5 Å². The van der Waals surface area contributed by atoms with E-state index in [0.29, 0.717) is 24.0 Å². The standard InChI is InChI=1S/C21H28N4O3S/c26-20(23-16-6-4-7-16)15-13-25(14-15)10-3-1-2-9-22-21(27)17-12-18(28-24-17)19-8-5-11-29-19/h5,8,11-12,15-16H,1-4,6-7,9-10,13-14H2,(H,22,27)(H,23,26). The number of amides is 2. The Balaban J connectivity index is 1.04. The molecule has 0 radical (unpaired) electrons. The number of rotatable bonds is 10. The third kappa shape index (κ3) is 5.25. The van der Waals surface area contributed by atoms with Crippen LogP contribution in [0, 0.1) is 5.92 Å². The van der Waals surface area contributed by atoms with Gasteiger partial charge >= 0.3 is 0 Å². The zero-order chi connectivity index (χ0) is 20.1. The summed E-state index contributed by atoms with van der Waals surface area (Å²) in [4.78, 5) is 27.5. The molecule has 1 aliphatic carbocycles. The van der Waals surface area contributed by atoms with Gasteiger partial charge in [-0.25, -0.2) is 0 Å². The number of hydrogen-bond donors (Lipinski definition) is 2. The Morgan fingerprint density at radius 1 is 1.24 bits per heavy atom. The van der Waals surface area contributed by atoms with E-state index in [1.165, 1.54) is 6.42 Å². The number of nitrogens with zero attached hydrogens (tertiary/aromatic N) is 2. The van der Waals surface area contributed by atoms with Gasteiger partial charge < -0.3 is 20.1 Å². The van der Waals surface area contributed by atoms with Crippen LogP contribution in [-0.2, 0) is 4.79 Å². The fourth-order valence-corrected chi connectivity index (χ4v) is 4.31. The fraction of sp³-hybridized carbons (Fsp3) is 0.571. The highest BCUT2D eigenvalue weighted by molar-refractivity contribution is 7.13. The van der Waals surface area contributed by atoms with E-state index in [-0.39, 0.29) is 17.7 Å². The molecule has 2 amide bonds. The quantitative estimate of drug-likeness (QED) is 0.582. The number of aromatic nitrogens is 1. The van der Waals surface area contributed by atoms with E-state index in [2.05, 4.69) is 20.7 Å². The maximum Gasteiger partial charge on any atom is 0.273 e. The molecule has 2 fully saturated rings. The Bertz CT molecular complexity index is 810. The van der Waals surface area contributed by atoms with Gasteiger partial charge in [0.25, 0.3) is 5.91 Å². The van der Waals surface area contributed by atoms with E-state index in [9.17, 15) is 9.59 Å². The van der Waals surface area contributed by atoms with Crippen molar-refractivity contribution < 1.29 is 14.1 Å². The Labute approximate surface area is 174 Å². The molecule has 0 spiro atoms. The van der Waals surface area contributed by atoms with Crippen LogP contribution in [0.5, 0.6) is 0 Å². The summed E-state index contributed by atoms with van der Waals surface area (Å²) in [6.07, 6.45) is 6.60. The van der Waals surface area contributed by atoms with E-state index in [1.54, 1.807) is 17.4 Å². The lowest BCUT2D eigenvalue weighted by atomic mass is 9.91. The van der Waals surface area contributed by atoms with Crippen LogP contribution < -0.4 is 10.6 Å². The topological polar surface area (TPSA) is 87.5 Å². The molecule has 0 unspecified atom stereocenters. The minimum absolute atomic E-state index is 0.177. The number of nitrogens with one attached hydrogen (secondary N) is 2. The van der Waals surface area contributed by atoms with Crippen molar-refractivity contribution >= 4 is 23.2 Å². The maximum absolute atomic E-state index is 12.1. The molecule has 1 saturated carbocycles. The third-order valence-corrected chi connectivity index (χ3v) is 6.61. The second-order valence-electron chi connectivity index (χ2n) is 7.96. The molecule has 1 aliphatic heterocycles. The largest absolute Gasteiger partial charge is 0.355 e. The van der Waals surface area contributed by atoms with Gasteiger partial charge in [0, 0.05) is 31.7 Å². The second kappa shape index (κ2) is 9.54. The first-order valence-electron chi connectivity index (χ1n) is 10.5. The highest BCUT2D eigenvalue weighted by atomic mass is 32.1. The van der Waals surface area contributed by atoms with Gasteiger partial charge in [0.2, 0.25) is 5.91 Å². The van der Waals surface area contributed by atoms with Crippen LogP contribution in [0.2, 0.25) is 0 Å². The average Bonchev–Trinajstić information content (AvgIpc) is 3.33. The van der Waals surface area contributed by atoms with Gasteiger partial charge in [-0.2, -0.15) is 0 Å². The third-order valence-electron chi connectivity index (χ3n) is 5.72. The number of carbonyl (C=O) groups excluding carboxylic acids is 2. The fourth-order valence-electron chi connectivity index (χ4n) is 3.64. The molecule has 0 aromatic carbocycles. The lowest BCUT2D eigenvalue weighted by Crippen LogP contribution is -2.55. The number of thiophene rings is 1. The molecule has 1 saturated heterocycles. The normalized spacial score (nSPS) is 17.5. The Morgan fingerprint density at radius 3 is 2.83 bits per heavy atom. The predicted octanol–water partition coefficient (Wildman–Crippen LogP) is 2.90. The minimum Gasteiger partial charge on any atom is -0.355 e. The van der Waals surface area contributed by atoms with Crippen LogP contribution in [0.4, 0.5) is 0 Å². The van der Waals surface area contributed by atoms with Crippen LogP contribution in [-0.4, -0.2) is 54.1 Å². The van der Waals surface area contributed by atoms with Gasteiger partial charge in [-0.1, -0.05) is 17.6 Å². The van der Waals surface area contributed by atoms with Crippen LogP contribution in [0.1, 0.15) is 49.0 Å². The number of carbonyl (C=O) groups is 2. The molecule has 4 rings (SSSR count). The molecule has 156 valence electrons. The van der Waals surface area contributed by atoms with Crippen LogP contribution in [0.15, 0.2) is 28.1 Å². The van der Waals surface area contributed by atoms with Crippen LogP contribution in [0.25, 0.3) is 10.6 Å². The molecular weight excluding hydrogens is 388 g/mol. The zero-order valence-electron chi connectivity index (χ0n) is 16.6. The van der Waals surface area contributed by atoms with E-state index in [4.69, 9.17) is 4.52 Å². The molecule has 7 nitrogen and oxygen atoms in total. The summed E-state index contributed by atoms with van der Waals surface area (Å²) in [5.74, 6) is 0.846. The highest BCUT2D eigenvalue weighted by Crippen LogP contribution is 2.25. The summed E-state index contributed by atoms with van der Waals surface area (Å²) in [6, 6.07) is 6.00. The number of likely N-dealkylation sites (tertiary alicyclic amines) is 1. The summed E-state index contributed by atoms with van der Waals surface area (Å²) >= 11 is 1.55. The summed E-state index contributed by atoms with van der Waals surface area (Å²) in [5, 5.41) is 11.9. The van der Waals surface area contributed by atoms with Crippen molar-refractivity contribution in [1.82, 2.24) is 20.7 Å². The summed E-state index contributed by atoms with van der Waals surface area (Å²) in [7, 11) is 0. The SMILES string of the molecule is O=C(NCCCCCN1CC(C(=O)NC2CCC2)C1)c1cc(-c2cccs2)on1. The van der Waals surface area contributed by atoms with E-state index in [0.717, 1.165) is 56.6 Å². The lowest BCUT2D eigenvalue weighted by Gasteiger charge is -2.39. The molecule has 0 atom stereocenters. The van der Waals surface area contributed by atoms with Crippen molar-refractivity contribution in [2.75, 3.05) is 26.2 Å². The van der Waals surface area contributed by atoms with Gasteiger partial charge in [0.1, 0.15) is 0 Å². The smallest absolute Gasteiger partial charge is 0.273 e. The molecule has 2 aromatic heterocycles. The highest BCUT2D eigenvalue weighted by Gasteiger charge is 2.33. The molecule has 2 aliphatic rings. The van der Waals surface area contributed by atoms with Crippen LogP contribution >= 0.6 is 11.3 Å². The van der Waals surface area contributed by atoms with Gasteiger partial charge in [-0.05, 0) is 50.1 Å². The summed E-state index contributed by atoms with van der Waals surface area (Å²) < 4.78 is 5.24. The van der Waals surface area contributed by atoms with Gasteiger partial charge in [-0.15, -0.1) is 11.3 Å². The molecule has 8 heteroatoms. The van der Waals surface area contributed by atoms with Crippen molar-refractivity contribution in [2.45, 2.75) is 44.6 Å². The summed E-state index contributed by atoms with van der Waals surface area (Å²) in [6.45, 7) is 3.42. The van der Waals surface area contributed by atoms with Crippen molar-refractivity contribution in [1.29, 1.82) is 0 Å². The average molecular weight is 417 g/mol. The van der Waals surface area contributed by atoms with E-state index < -0.39 is 0 Å². The molecule has 2 N–H and O–H groups in total. The number of hydrogen-bond acceptors (Lipinski definition) is 6. The second-order valence-corrected chi connectivity index (χ2v) is 8.91. The molecule has 3 heterocycles. The van der Waals surface area contributed by atoms with Crippen molar-refractivity contribution in [3.05, 3.63) is 29.3 Å². The monoisotopic (exact) mass is 416 g/mol. The molecule has 2 aromatic rings. The Kier molecular flexibility index (Phi) is 6.61. The predicted molar refractivity (Wildman–Crippen MR) is 112 cm³/mol. The minimum atomic E-state index is -0.195. The van der Waals surface area contributed by atoms with Crippen LogP contribution in [0.3, 0.4) is 0 Å². The molecule has 0 bridgehead atoms. The maximum atomic E-state index is 12.1. The van der Waals surface area contributed by atoms with Gasteiger partial charge in [0.15, 0.2) is 11.5 Å².